The molecule has 0 amide bonds. The van der Waals surface area contributed by atoms with Crippen LogP contribution in [0.4, 0.5) is 0 Å². The lowest BCUT2D eigenvalue weighted by Gasteiger charge is -2.26. The third-order valence-corrected chi connectivity index (χ3v) is 1.75. The molecular weight excluding hydrogens is 134 g/mol. The van der Waals surface area contributed by atoms with Gasteiger partial charge in [0.15, 0.2) is 0 Å². The van der Waals surface area contributed by atoms with E-state index in [1.807, 2.05) is 12.3 Å². The Balaban J connectivity index is 2.93. The van der Waals surface area contributed by atoms with E-state index in [0.717, 1.165) is 5.70 Å². The molecule has 1 rings (SSSR count). The van der Waals surface area contributed by atoms with Crippen molar-refractivity contribution in [2.75, 3.05) is 0 Å². The summed E-state index contributed by atoms with van der Waals surface area (Å²) in [6, 6.07) is 0. The third kappa shape index (κ3) is 1.73. The molecule has 0 unspecified atom stereocenters. The Morgan fingerprint density at radius 1 is 1.36 bits per heavy atom. The minimum atomic E-state index is 0.189. The van der Waals surface area contributed by atoms with Gasteiger partial charge in [-0.25, -0.2) is 0 Å². The molecule has 0 atom stereocenters. The average Bonchev–Trinajstić information content (AvgIpc) is 1.86. The predicted molar refractivity (Wildman–Crippen MR) is 49.0 cm³/mol. The molecule has 0 spiro atoms. The highest BCUT2D eigenvalue weighted by Crippen LogP contribution is 2.30. The lowest BCUT2D eigenvalue weighted by atomic mass is 9.84. The van der Waals surface area contributed by atoms with Crippen LogP contribution < -0.4 is 5.32 Å². The van der Waals surface area contributed by atoms with E-state index in [4.69, 9.17) is 0 Å². The van der Waals surface area contributed by atoms with Crippen molar-refractivity contribution in [3.8, 4) is 0 Å². The highest BCUT2D eigenvalue weighted by molar-refractivity contribution is 5.38. The van der Waals surface area contributed by atoms with E-state index in [2.05, 4.69) is 38.7 Å². The molecule has 0 fully saturated rings. The van der Waals surface area contributed by atoms with Crippen molar-refractivity contribution >= 4 is 0 Å². The summed E-state index contributed by atoms with van der Waals surface area (Å²) < 4.78 is 0. The third-order valence-electron chi connectivity index (χ3n) is 1.75. The van der Waals surface area contributed by atoms with Crippen molar-refractivity contribution in [1.82, 2.24) is 5.32 Å². The molecule has 0 aromatic heterocycles. The van der Waals surface area contributed by atoms with Crippen molar-refractivity contribution in [3.05, 3.63) is 36.2 Å². The zero-order valence-electron chi connectivity index (χ0n) is 7.44. The van der Waals surface area contributed by atoms with Crippen LogP contribution in [-0.4, -0.2) is 0 Å². The van der Waals surface area contributed by atoms with Gasteiger partial charge in [-0.05, 0) is 17.1 Å². The Bertz CT molecular complexity index is 226. The topological polar surface area (TPSA) is 12.0 Å². The Kier molecular flexibility index (Phi) is 1.90. The summed E-state index contributed by atoms with van der Waals surface area (Å²) in [5.74, 6) is 0. The molecule has 1 nitrogen and oxygen atoms in total. The molecule has 11 heavy (non-hydrogen) atoms. The van der Waals surface area contributed by atoms with Crippen molar-refractivity contribution in [1.29, 1.82) is 0 Å². The maximum atomic E-state index is 3.93. The molecule has 1 aliphatic rings. The molecule has 1 aliphatic heterocycles. The molecule has 0 radical (unpaired) electrons. The van der Waals surface area contributed by atoms with Crippen molar-refractivity contribution in [2.24, 2.45) is 5.41 Å². The summed E-state index contributed by atoms with van der Waals surface area (Å²) in [6.07, 6.45) is 6.02. The zero-order chi connectivity index (χ0) is 8.48. The average molecular weight is 149 g/mol. The fourth-order valence-electron chi connectivity index (χ4n) is 1.17. The van der Waals surface area contributed by atoms with Gasteiger partial charge < -0.3 is 5.32 Å². The number of hydrogen-bond donors (Lipinski definition) is 1. The minimum Gasteiger partial charge on any atom is -0.362 e. The lowest BCUT2D eigenvalue weighted by molar-refractivity contribution is 0.504. The second-order valence-electron chi connectivity index (χ2n) is 3.81. The van der Waals surface area contributed by atoms with Crippen LogP contribution in [-0.2, 0) is 0 Å². The molecule has 0 aromatic rings. The van der Waals surface area contributed by atoms with Gasteiger partial charge in [-0.3, -0.25) is 0 Å². The van der Waals surface area contributed by atoms with Gasteiger partial charge in [0.2, 0.25) is 0 Å². The highest BCUT2D eigenvalue weighted by Gasteiger charge is 2.19. The largest absolute Gasteiger partial charge is 0.362 e. The van der Waals surface area contributed by atoms with E-state index in [0.29, 0.717) is 0 Å². The van der Waals surface area contributed by atoms with Crippen LogP contribution >= 0.6 is 0 Å². The summed E-state index contributed by atoms with van der Waals surface area (Å²) in [7, 11) is 0. The van der Waals surface area contributed by atoms with Gasteiger partial charge in [0, 0.05) is 11.9 Å². The Hall–Kier alpha value is -0.980. The second-order valence-corrected chi connectivity index (χ2v) is 3.81. The van der Waals surface area contributed by atoms with Crippen LogP contribution in [0, 0.1) is 5.41 Å². The van der Waals surface area contributed by atoms with Gasteiger partial charge in [-0.1, -0.05) is 33.4 Å². The van der Waals surface area contributed by atoms with Gasteiger partial charge in [0.25, 0.3) is 0 Å². The zero-order valence-corrected chi connectivity index (χ0v) is 7.44. The van der Waals surface area contributed by atoms with E-state index >= 15 is 0 Å². The lowest BCUT2D eigenvalue weighted by Crippen LogP contribution is -2.19. The summed E-state index contributed by atoms with van der Waals surface area (Å²) in [4.78, 5) is 0. The maximum Gasteiger partial charge on any atom is 0.0344 e. The molecule has 1 heterocycles. The van der Waals surface area contributed by atoms with Crippen molar-refractivity contribution in [2.45, 2.75) is 20.8 Å². The van der Waals surface area contributed by atoms with Gasteiger partial charge >= 0.3 is 0 Å². The molecule has 0 bridgehead atoms. The van der Waals surface area contributed by atoms with E-state index < -0.39 is 0 Å². The van der Waals surface area contributed by atoms with Gasteiger partial charge in [-0.2, -0.15) is 0 Å². The standard InChI is InChI=1S/C10H15N/c1-8-9(10(2,3)4)6-5-7-11-8/h5-7,11H,1H2,2-4H3. The van der Waals surface area contributed by atoms with Crippen LogP contribution in [0.15, 0.2) is 36.2 Å². The first-order valence-electron chi connectivity index (χ1n) is 3.85. The minimum absolute atomic E-state index is 0.189. The first kappa shape index (κ1) is 8.12. The molecule has 1 N–H and O–H groups in total. The summed E-state index contributed by atoms with van der Waals surface area (Å²) in [5.41, 5.74) is 2.48. The number of allylic oxidation sites excluding steroid dienone is 3. The SMILES string of the molecule is C=C1NC=CC=C1C(C)(C)C. The molecule has 0 aliphatic carbocycles. The highest BCUT2D eigenvalue weighted by atomic mass is 14.9. The number of rotatable bonds is 0. The summed E-state index contributed by atoms with van der Waals surface area (Å²) in [6.45, 7) is 10.5. The first-order valence-corrected chi connectivity index (χ1v) is 3.85. The van der Waals surface area contributed by atoms with Crippen LogP contribution in [0.3, 0.4) is 0 Å². The molecule has 1 heteroatoms. The van der Waals surface area contributed by atoms with E-state index in [1.165, 1.54) is 5.57 Å². The maximum absolute atomic E-state index is 3.93. The number of hydrogen-bond acceptors (Lipinski definition) is 1. The predicted octanol–water partition coefficient (Wildman–Crippen LogP) is 2.59. The van der Waals surface area contributed by atoms with E-state index in [9.17, 15) is 0 Å². The molecule has 0 aromatic carbocycles. The number of nitrogens with one attached hydrogen (secondary N) is 1. The van der Waals surface area contributed by atoms with Crippen LogP contribution in [0.25, 0.3) is 0 Å². The number of dihydropyridines is 1. The summed E-state index contributed by atoms with van der Waals surface area (Å²) >= 11 is 0. The van der Waals surface area contributed by atoms with Crippen molar-refractivity contribution < 1.29 is 0 Å². The van der Waals surface area contributed by atoms with Crippen molar-refractivity contribution in [3.63, 3.8) is 0 Å². The van der Waals surface area contributed by atoms with Gasteiger partial charge in [0.1, 0.15) is 0 Å². The molecular formula is C10H15N. The quantitative estimate of drug-likeness (QED) is 0.558. The molecule has 60 valence electrons. The van der Waals surface area contributed by atoms with Gasteiger partial charge in [0.05, 0.1) is 0 Å². The Morgan fingerprint density at radius 3 is 2.36 bits per heavy atom. The first-order chi connectivity index (χ1) is 5.02. The monoisotopic (exact) mass is 149 g/mol. The Labute approximate surface area is 68.5 Å². The fraction of sp³-hybridized carbons (Fsp3) is 0.400. The van der Waals surface area contributed by atoms with Crippen LogP contribution in [0.1, 0.15) is 20.8 Å². The van der Waals surface area contributed by atoms with Crippen LogP contribution in [0.5, 0.6) is 0 Å². The summed E-state index contributed by atoms with van der Waals surface area (Å²) in [5, 5.41) is 3.10. The van der Waals surface area contributed by atoms with E-state index in [1.54, 1.807) is 0 Å². The molecule has 0 saturated carbocycles. The fourth-order valence-corrected chi connectivity index (χ4v) is 1.17. The smallest absolute Gasteiger partial charge is 0.0344 e. The second kappa shape index (κ2) is 2.57. The normalized spacial score (nSPS) is 17.7. The van der Waals surface area contributed by atoms with Crippen LogP contribution in [0.2, 0.25) is 0 Å². The Morgan fingerprint density at radius 2 is 2.00 bits per heavy atom. The van der Waals surface area contributed by atoms with E-state index in [-0.39, 0.29) is 5.41 Å². The van der Waals surface area contributed by atoms with Gasteiger partial charge in [-0.15, -0.1) is 0 Å². The molecule has 0 saturated heterocycles.